The Balaban J connectivity index is 1.95. The summed E-state index contributed by atoms with van der Waals surface area (Å²) in [6.45, 7) is 1.09. The van der Waals surface area contributed by atoms with Crippen molar-refractivity contribution < 1.29 is 23.8 Å². The number of aryl methyl sites for hydroxylation is 1. The van der Waals surface area contributed by atoms with E-state index >= 15 is 0 Å². The molecule has 8 nitrogen and oxygen atoms in total. The fourth-order valence-corrected chi connectivity index (χ4v) is 2.09. The fraction of sp³-hybridized carbons (Fsp3) is 0.400. The van der Waals surface area contributed by atoms with E-state index in [1.807, 2.05) is 0 Å². The van der Waals surface area contributed by atoms with Crippen LogP contribution in [0, 0.1) is 0 Å². The lowest BCUT2D eigenvalue weighted by Crippen LogP contribution is -2.47. The van der Waals surface area contributed by atoms with E-state index in [9.17, 15) is 19.5 Å². The Morgan fingerprint density at radius 2 is 2.09 bits per heavy atom. The van der Waals surface area contributed by atoms with Crippen LogP contribution in [-0.4, -0.2) is 40.8 Å². The summed E-state index contributed by atoms with van der Waals surface area (Å²) in [7, 11) is 1.15. The molecule has 0 aliphatic rings. The third kappa shape index (κ3) is 3.78. The number of rotatable bonds is 6. The van der Waals surface area contributed by atoms with Crippen molar-refractivity contribution in [2.24, 2.45) is 0 Å². The minimum atomic E-state index is -1.80. The molecular weight excluding hydrogens is 304 g/mol. The molecule has 0 aliphatic carbocycles. The predicted octanol–water partition coefficient (Wildman–Crippen LogP) is 0.0248. The number of para-hydroxylation sites is 2. The Morgan fingerprint density at radius 3 is 2.78 bits per heavy atom. The van der Waals surface area contributed by atoms with Crippen LogP contribution in [-0.2, 0) is 20.9 Å². The van der Waals surface area contributed by atoms with Gasteiger partial charge in [-0.25, -0.2) is 9.59 Å². The van der Waals surface area contributed by atoms with Crippen molar-refractivity contribution in [3.8, 4) is 0 Å². The third-order valence-electron chi connectivity index (χ3n) is 3.39. The Bertz CT molecular complexity index is 774. The van der Waals surface area contributed by atoms with Crippen molar-refractivity contribution in [2.45, 2.75) is 25.5 Å². The molecule has 0 bridgehead atoms. The van der Waals surface area contributed by atoms with Crippen molar-refractivity contribution in [3.05, 3.63) is 34.8 Å². The lowest BCUT2D eigenvalue weighted by molar-refractivity contribution is -0.160. The first-order valence-electron chi connectivity index (χ1n) is 7.01. The van der Waals surface area contributed by atoms with Crippen molar-refractivity contribution in [1.82, 2.24) is 9.88 Å². The summed E-state index contributed by atoms with van der Waals surface area (Å²) < 4.78 is 10.9. The van der Waals surface area contributed by atoms with Gasteiger partial charge < -0.3 is 19.6 Å². The molecule has 0 aliphatic heterocycles. The predicted molar refractivity (Wildman–Crippen MR) is 80.7 cm³/mol. The van der Waals surface area contributed by atoms with Crippen LogP contribution >= 0.6 is 0 Å². The highest BCUT2D eigenvalue weighted by molar-refractivity contribution is 5.81. The summed E-state index contributed by atoms with van der Waals surface area (Å²) in [4.78, 5) is 34.9. The monoisotopic (exact) mass is 322 g/mol. The molecular formula is C15H18N2O6. The molecule has 23 heavy (non-hydrogen) atoms. The molecule has 8 heteroatoms. The van der Waals surface area contributed by atoms with Crippen LogP contribution in [0.25, 0.3) is 11.1 Å². The quantitative estimate of drug-likeness (QED) is 0.726. The number of ether oxygens (including phenoxy) is 1. The minimum Gasteiger partial charge on any atom is -0.467 e. The summed E-state index contributed by atoms with van der Waals surface area (Å²) in [6.07, 6.45) is 0.000681. The number of nitrogens with one attached hydrogen (secondary N) is 1. The smallest absolute Gasteiger partial charge is 0.419 e. The number of fused-ring (bicyclic) bond motifs is 1. The number of nitrogens with zero attached hydrogens (tertiary/aromatic N) is 1. The highest BCUT2D eigenvalue weighted by Gasteiger charge is 2.31. The standard InChI is InChI=1S/C15H18N2O6/c1-15(21,13(19)22-2)9-16-12(18)7-8-17-10-5-3-4-6-11(10)23-14(17)20/h3-6,21H,7-9H2,1-2H3,(H,16,18). The Labute approximate surface area is 131 Å². The SMILES string of the molecule is COC(=O)C(C)(O)CNC(=O)CCn1c(=O)oc2ccccc21. The molecule has 1 amide bonds. The summed E-state index contributed by atoms with van der Waals surface area (Å²) >= 11 is 0. The summed E-state index contributed by atoms with van der Waals surface area (Å²) in [5.41, 5.74) is -0.748. The molecule has 2 rings (SSSR count). The van der Waals surface area contributed by atoms with E-state index in [1.54, 1.807) is 24.3 Å². The van der Waals surface area contributed by atoms with Crippen molar-refractivity contribution >= 4 is 23.0 Å². The van der Waals surface area contributed by atoms with E-state index in [0.717, 1.165) is 7.11 Å². The number of carbonyl (C=O) groups excluding carboxylic acids is 2. The molecule has 124 valence electrons. The zero-order valence-electron chi connectivity index (χ0n) is 12.9. The lowest BCUT2D eigenvalue weighted by atomic mass is 10.1. The second-order valence-corrected chi connectivity index (χ2v) is 5.28. The third-order valence-corrected chi connectivity index (χ3v) is 3.39. The first kappa shape index (κ1) is 16.8. The van der Waals surface area contributed by atoms with Crippen molar-refractivity contribution in [2.75, 3.05) is 13.7 Å². The van der Waals surface area contributed by atoms with E-state index in [-0.39, 0.29) is 19.5 Å². The van der Waals surface area contributed by atoms with Crippen LogP contribution in [0.2, 0.25) is 0 Å². The number of methoxy groups -OCH3 is 1. The summed E-state index contributed by atoms with van der Waals surface area (Å²) in [5.74, 6) is -1.79. The number of carbonyl (C=O) groups is 2. The summed E-state index contributed by atoms with van der Waals surface area (Å²) in [5, 5.41) is 12.2. The number of oxazole rings is 1. The first-order valence-corrected chi connectivity index (χ1v) is 7.01. The first-order chi connectivity index (χ1) is 10.8. The second kappa shape index (κ2) is 6.66. The number of aromatic nitrogens is 1. The number of aliphatic hydroxyl groups is 1. The van der Waals surface area contributed by atoms with Crippen LogP contribution in [0.5, 0.6) is 0 Å². The van der Waals surface area contributed by atoms with Gasteiger partial charge in [-0.15, -0.1) is 0 Å². The van der Waals surface area contributed by atoms with Gasteiger partial charge in [-0.2, -0.15) is 0 Å². The van der Waals surface area contributed by atoms with Gasteiger partial charge in [0, 0.05) is 13.0 Å². The topological polar surface area (TPSA) is 111 Å². The van der Waals surface area contributed by atoms with Gasteiger partial charge in [-0.05, 0) is 19.1 Å². The maximum absolute atomic E-state index is 11.8. The van der Waals surface area contributed by atoms with Gasteiger partial charge in [-0.3, -0.25) is 9.36 Å². The van der Waals surface area contributed by atoms with Crippen molar-refractivity contribution in [1.29, 1.82) is 0 Å². The number of esters is 1. The molecule has 1 atom stereocenters. The molecule has 2 aromatic rings. The number of hydrogen-bond donors (Lipinski definition) is 2. The highest BCUT2D eigenvalue weighted by atomic mass is 16.5. The van der Waals surface area contributed by atoms with Crippen LogP contribution < -0.4 is 11.1 Å². The van der Waals surface area contributed by atoms with E-state index in [0.29, 0.717) is 11.1 Å². The Hall–Kier alpha value is -2.61. The van der Waals surface area contributed by atoms with E-state index in [2.05, 4.69) is 10.1 Å². The minimum absolute atomic E-state index is 0.000681. The van der Waals surface area contributed by atoms with Gasteiger partial charge in [0.1, 0.15) is 0 Å². The van der Waals surface area contributed by atoms with Crippen LogP contribution in [0.3, 0.4) is 0 Å². The summed E-state index contributed by atoms with van der Waals surface area (Å²) in [6, 6.07) is 6.90. The molecule has 1 aromatic heterocycles. The van der Waals surface area contributed by atoms with Gasteiger partial charge in [0.15, 0.2) is 11.2 Å². The molecule has 0 saturated heterocycles. The zero-order chi connectivity index (χ0) is 17.0. The second-order valence-electron chi connectivity index (χ2n) is 5.28. The number of amides is 1. The van der Waals surface area contributed by atoms with Gasteiger partial charge >= 0.3 is 11.7 Å². The van der Waals surface area contributed by atoms with E-state index < -0.39 is 23.2 Å². The average Bonchev–Trinajstić information content (AvgIpc) is 2.85. The van der Waals surface area contributed by atoms with Gasteiger partial charge in [0.05, 0.1) is 19.2 Å². The molecule has 1 heterocycles. The fourth-order valence-electron chi connectivity index (χ4n) is 2.09. The molecule has 0 radical (unpaired) electrons. The molecule has 1 aromatic carbocycles. The van der Waals surface area contributed by atoms with Crippen molar-refractivity contribution in [3.63, 3.8) is 0 Å². The zero-order valence-corrected chi connectivity index (χ0v) is 12.9. The van der Waals surface area contributed by atoms with E-state index in [4.69, 9.17) is 4.42 Å². The number of benzene rings is 1. The van der Waals surface area contributed by atoms with Gasteiger partial charge in [0.2, 0.25) is 5.91 Å². The largest absolute Gasteiger partial charge is 0.467 e. The Kier molecular flexibility index (Phi) is 4.85. The number of hydrogen-bond acceptors (Lipinski definition) is 6. The van der Waals surface area contributed by atoms with Gasteiger partial charge in [-0.1, -0.05) is 12.1 Å². The molecule has 2 N–H and O–H groups in total. The normalized spacial score (nSPS) is 13.5. The highest BCUT2D eigenvalue weighted by Crippen LogP contribution is 2.12. The van der Waals surface area contributed by atoms with Gasteiger partial charge in [0.25, 0.3) is 0 Å². The van der Waals surface area contributed by atoms with Crippen LogP contribution in [0.4, 0.5) is 0 Å². The molecule has 0 saturated carbocycles. The molecule has 0 fully saturated rings. The Morgan fingerprint density at radius 1 is 1.39 bits per heavy atom. The average molecular weight is 322 g/mol. The van der Waals surface area contributed by atoms with E-state index in [1.165, 1.54) is 11.5 Å². The maximum Gasteiger partial charge on any atom is 0.419 e. The maximum atomic E-state index is 11.8. The lowest BCUT2D eigenvalue weighted by Gasteiger charge is -2.20. The van der Waals surface area contributed by atoms with Crippen LogP contribution in [0.1, 0.15) is 13.3 Å². The molecule has 0 spiro atoms. The van der Waals surface area contributed by atoms with Crippen LogP contribution in [0.15, 0.2) is 33.5 Å². The molecule has 1 unspecified atom stereocenters.